The lowest BCUT2D eigenvalue weighted by atomic mass is 9.90. The second-order valence-electron chi connectivity index (χ2n) is 8.88. The molecule has 1 fully saturated rings. The molecule has 10 heteroatoms. The van der Waals surface area contributed by atoms with Crippen LogP contribution in [0.15, 0.2) is 60.0 Å². The third-order valence-electron chi connectivity index (χ3n) is 6.34. The van der Waals surface area contributed by atoms with Crippen LogP contribution in [0.4, 0.5) is 0 Å². The number of methoxy groups -OCH3 is 2. The number of amides is 2. The zero-order chi connectivity index (χ0) is 26.3. The fourth-order valence-electron chi connectivity index (χ4n) is 4.08. The molecule has 0 bridgehead atoms. The first-order valence-electron chi connectivity index (χ1n) is 11.7. The van der Waals surface area contributed by atoms with Gasteiger partial charge in [0, 0.05) is 30.7 Å². The molecule has 1 heterocycles. The van der Waals surface area contributed by atoms with Gasteiger partial charge in [0.25, 0.3) is 5.91 Å². The van der Waals surface area contributed by atoms with Gasteiger partial charge in [-0.3, -0.25) is 9.59 Å². The lowest BCUT2D eigenvalue weighted by molar-refractivity contribution is -0.118. The minimum absolute atomic E-state index is 0.128. The molecule has 2 amide bonds. The van der Waals surface area contributed by atoms with E-state index in [-0.39, 0.29) is 29.8 Å². The number of benzene rings is 2. The third kappa shape index (κ3) is 6.44. The van der Waals surface area contributed by atoms with Gasteiger partial charge < -0.3 is 20.1 Å². The number of sulfonamides is 1. The summed E-state index contributed by atoms with van der Waals surface area (Å²) in [6, 6.07) is 11.5. The summed E-state index contributed by atoms with van der Waals surface area (Å²) in [7, 11) is -0.567. The largest absolute Gasteiger partial charge is 0.493 e. The Bertz CT molecular complexity index is 1200. The highest BCUT2D eigenvalue weighted by Crippen LogP contribution is 2.28. The summed E-state index contributed by atoms with van der Waals surface area (Å²) in [5, 5.41) is 5.73. The van der Waals surface area contributed by atoms with Crippen molar-refractivity contribution < 1.29 is 27.5 Å². The van der Waals surface area contributed by atoms with E-state index < -0.39 is 15.6 Å². The molecule has 0 radical (unpaired) electrons. The lowest BCUT2D eigenvalue weighted by Gasteiger charge is -2.39. The Hall–Kier alpha value is -3.37. The summed E-state index contributed by atoms with van der Waals surface area (Å²) in [6.07, 6.45) is 2.79. The van der Waals surface area contributed by atoms with Crippen LogP contribution in [0.3, 0.4) is 0 Å². The SMILES string of the molecule is C=CC(=O)NC1(C)CCN(S(=O)(=O)c2ccc(C(=O)NCCc3ccc(OC)c(OC)c3)cc2)CC1. The summed E-state index contributed by atoms with van der Waals surface area (Å²) in [5.74, 6) is 0.703. The molecule has 36 heavy (non-hydrogen) atoms. The van der Waals surface area contributed by atoms with E-state index in [0.717, 1.165) is 5.56 Å². The first-order chi connectivity index (χ1) is 17.1. The second kappa shape index (κ2) is 11.6. The van der Waals surface area contributed by atoms with Crippen molar-refractivity contribution in [1.82, 2.24) is 14.9 Å². The highest BCUT2D eigenvalue weighted by atomic mass is 32.2. The molecule has 1 saturated heterocycles. The maximum Gasteiger partial charge on any atom is 0.251 e. The van der Waals surface area contributed by atoms with Gasteiger partial charge >= 0.3 is 0 Å². The number of piperidine rings is 1. The van der Waals surface area contributed by atoms with Crippen molar-refractivity contribution in [3.05, 3.63) is 66.2 Å². The van der Waals surface area contributed by atoms with Crippen LogP contribution in [-0.4, -0.2) is 63.9 Å². The van der Waals surface area contributed by atoms with E-state index in [4.69, 9.17) is 9.47 Å². The summed E-state index contributed by atoms with van der Waals surface area (Å²) in [5.41, 5.74) is 0.881. The van der Waals surface area contributed by atoms with E-state index in [2.05, 4.69) is 17.2 Å². The molecule has 0 unspecified atom stereocenters. The van der Waals surface area contributed by atoms with Crippen LogP contribution in [0.5, 0.6) is 11.5 Å². The lowest BCUT2D eigenvalue weighted by Crippen LogP contribution is -2.53. The van der Waals surface area contributed by atoms with Gasteiger partial charge in [0.15, 0.2) is 11.5 Å². The van der Waals surface area contributed by atoms with E-state index in [0.29, 0.717) is 42.9 Å². The zero-order valence-corrected chi connectivity index (χ0v) is 21.7. The number of hydrogen-bond acceptors (Lipinski definition) is 6. The van der Waals surface area contributed by atoms with Crippen molar-refractivity contribution in [2.75, 3.05) is 33.9 Å². The quantitative estimate of drug-likeness (QED) is 0.470. The van der Waals surface area contributed by atoms with Gasteiger partial charge in [-0.15, -0.1) is 0 Å². The van der Waals surface area contributed by atoms with Gasteiger partial charge in [0.05, 0.1) is 19.1 Å². The second-order valence-corrected chi connectivity index (χ2v) is 10.8. The summed E-state index contributed by atoms with van der Waals surface area (Å²) >= 11 is 0. The maximum absolute atomic E-state index is 13.1. The minimum Gasteiger partial charge on any atom is -0.493 e. The molecule has 2 N–H and O–H groups in total. The molecule has 0 atom stereocenters. The van der Waals surface area contributed by atoms with Crippen LogP contribution >= 0.6 is 0 Å². The molecule has 0 saturated carbocycles. The molecule has 3 rings (SSSR count). The number of rotatable bonds is 10. The Kier molecular flexibility index (Phi) is 8.75. The third-order valence-corrected chi connectivity index (χ3v) is 8.25. The fourth-order valence-corrected chi connectivity index (χ4v) is 5.52. The van der Waals surface area contributed by atoms with E-state index >= 15 is 0 Å². The van der Waals surface area contributed by atoms with Gasteiger partial charge in [0.2, 0.25) is 15.9 Å². The van der Waals surface area contributed by atoms with Crippen molar-refractivity contribution in [1.29, 1.82) is 0 Å². The van der Waals surface area contributed by atoms with Crippen molar-refractivity contribution >= 4 is 21.8 Å². The van der Waals surface area contributed by atoms with Crippen molar-refractivity contribution in [2.24, 2.45) is 0 Å². The monoisotopic (exact) mass is 515 g/mol. The number of nitrogens with one attached hydrogen (secondary N) is 2. The fraction of sp³-hybridized carbons (Fsp3) is 0.385. The Morgan fingerprint density at radius 1 is 1.06 bits per heavy atom. The topological polar surface area (TPSA) is 114 Å². The molecular formula is C26H33N3O6S. The molecule has 9 nitrogen and oxygen atoms in total. The Balaban J connectivity index is 1.56. The Morgan fingerprint density at radius 3 is 2.28 bits per heavy atom. The highest BCUT2D eigenvalue weighted by molar-refractivity contribution is 7.89. The molecule has 0 aliphatic carbocycles. The Morgan fingerprint density at radius 2 is 1.69 bits per heavy atom. The van der Waals surface area contributed by atoms with Gasteiger partial charge in [-0.2, -0.15) is 4.31 Å². The molecule has 194 valence electrons. The molecular weight excluding hydrogens is 482 g/mol. The van der Waals surface area contributed by atoms with Crippen molar-refractivity contribution in [2.45, 2.75) is 36.6 Å². The highest BCUT2D eigenvalue weighted by Gasteiger charge is 2.36. The van der Waals surface area contributed by atoms with Gasteiger partial charge in [0.1, 0.15) is 0 Å². The van der Waals surface area contributed by atoms with Gasteiger partial charge in [-0.25, -0.2) is 8.42 Å². The predicted octanol–water partition coefficient (Wildman–Crippen LogP) is 2.52. The minimum atomic E-state index is -3.71. The number of carbonyl (C=O) groups excluding carboxylic acids is 2. The summed E-state index contributed by atoms with van der Waals surface area (Å²) < 4.78 is 38.1. The van der Waals surface area contributed by atoms with Crippen LogP contribution in [0.1, 0.15) is 35.7 Å². The van der Waals surface area contributed by atoms with Crippen molar-refractivity contribution in [3.63, 3.8) is 0 Å². The summed E-state index contributed by atoms with van der Waals surface area (Å²) in [6.45, 7) is 6.34. The van der Waals surface area contributed by atoms with Gasteiger partial charge in [-0.1, -0.05) is 12.6 Å². The Labute approximate surface area is 212 Å². The molecule has 2 aromatic rings. The number of carbonyl (C=O) groups is 2. The number of ether oxygens (including phenoxy) is 2. The van der Waals surface area contributed by atoms with Crippen LogP contribution in [-0.2, 0) is 21.2 Å². The molecule has 0 spiro atoms. The standard InChI is InChI=1S/C26H33N3O6S/c1-5-24(30)28-26(2)13-16-29(17-14-26)36(32,33)21-9-7-20(8-10-21)25(31)27-15-12-19-6-11-22(34-3)23(18-19)35-4/h5-11,18H,1,12-17H2,2-4H3,(H,27,31)(H,28,30). The summed E-state index contributed by atoms with van der Waals surface area (Å²) in [4.78, 5) is 24.3. The van der Waals surface area contributed by atoms with Crippen LogP contribution in [0, 0.1) is 0 Å². The van der Waals surface area contributed by atoms with E-state index in [1.807, 2.05) is 25.1 Å². The van der Waals surface area contributed by atoms with Crippen molar-refractivity contribution in [3.8, 4) is 11.5 Å². The molecule has 2 aromatic carbocycles. The molecule has 1 aliphatic heterocycles. The number of nitrogens with zero attached hydrogens (tertiary/aromatic N) is 1. The smallest absolute Gasteiger partial charge is 0.251 e. The maximum atomic E-state index is 13.1. The average Bonchev–Trinajstić information content (AvgIpc) is 2.88. The van der Waals surface area contributed by atoms with Crippen LogP contribution < -0.4 is 20.1 Å². The van der Waals surface area contributed by atoms with Gasteiger partial charge in [-0.05, 0) is 74.2 Å². The first kappa shape index (κ1) is 27.2. The average molecular weight is 516 g/mol. The molecule has 1 aliphatic rings. The predicted molar refractivity (Wildman–Crippen MR) is 137 cm³/mol. The number of hydrogen-bond donors (Lipinski definition) is 2. The van der Waals surface area contributed by atoms with Crippen LogP contribution in [0.2, 0.25) is 0 Å². The first-order valence-corrected chi connectivity index (χ1v) is 13.1. The normalized spacial score (nSPS) is 15.5. The molecule has 0 aromatic heterocycles. The van der Waals surface area contributed by atoms with E-state index in [1.165, 1.54) is 34.6 Å². The zero-order valence-electron chi connectivity index (χ0n) is 20.9. The van der Waals surface area contributed by atoms with E-state index in [9.17, 15) is 18.0 Å². The van der Waals surface area contributed by atoms with E-state index in [1.54, 1.807) is 14.2 Å². The van der Waals surface area contributed by atoms with Crippen LogP contribution in [0.25, 0.3) is 0 Å².